The molecule has 3 N–H and O–H groups in total. The SMILES string of the molecule is CNC(=O)COc1ccc(N)cc1C(=O)OC. The Kier molecular flexibility index (Phi) is 4.33. The third-order valence-electron chi connectivity index (χ3n) is 2.05. The lowest BCUT2D eigenvalue weighted by Gasteiger charge is -2.10. The molecule has 0 radical (unpaired) electrons. The molecule has 6 heteroatoms. The van der Waals surface area contributed by atoms with Crippen molar-refractivity contribution >= 4 is 17.6 Å². The summed E-state index contributed by atoms with van der Waals surface area (Å²) >= 11 is 0. The van der Waals surface area contributed by atoms with E-state index in [0.717, 1.165) is 0 Å². The van der Waals surface area contributed by atoms with E-state index < -0.39 is 5.97 Å². The van der Waals surface area contributed by atoms with Gasteiger partial charge in [0.2, 0.25) is 0 Å². The molecule has 0 saturated heterocycles. The van der Waals surface area contributed by atoms with Crippen molar-refractivity contribution in [1.29, 1.82) is 0 Å². The number of anilines is 1. The van der Waals surface area contributed by atoms with Crippen molar-refractivity contribution in [2.75, 3.05) is 26.5 Å². The number of hydrogen-bond donors (Lipinski definition) is 2. The summed E-state index contributed by atoms with van der Waals surface area (Å²) in [6.45, 7) is -0.176. The van der Waals surface area contributed by atoms with Crippen molar-refractivity contribution in [2.24, 2.45) is 0 Å². The summed E-state index contributed by atoms with van der Waals surface area (Å²) < 4.78 is 9.79. The molecule has 0 aromatic heterocycles. The van der Waals surface area contributed by atoms with Crippen molar-refractivity contribution < 1.29 is 19.1 Å². The first-order valence-corrected chi connectivity index (χ1v) is 4.89. The highest BCUT2D eigenvalue weighted by molar-refractivity contribution is 5.93. The summed E-state index contributed by atoms with van der Waals surface area (Å²) in [5.41, 5.74) is 6.17. The monoisotopic (exact) mass is 238 g/mol. The van der Waals surface area contributed by atoms with E-state index in [9.17, 15) is 9.59 Å². The molecule has 1 rings (SSSR count). The highest BCUT2D eigenvalue weighted by Crippen LogP contribution is 2.22. The smallest absolute Gasteiger partial charge is 0.341 e. The normalized spacial score (nSPS) is 9.53. The molecule has 0 saturated carbocycles. The van der Waals surface area contributed by atoms with Gasteiger partial charge in [0, 0.05) is 12.7 Å². The maximum atomic E-state index is 11.4. The van der Waals surface area contributed by atoms with Crippen molar-refractivity contribution in [1.82, 2.24) is 5.32 Å². The molecular formula is C11H14N2O4. The molecular weight excluding hydrogens is 224 g/mol. The quantitative estimate of drug-likeness (QED) is 0.576. The Morgan fingerprint density at radius 1 is 1.41 bits per heavy atom. The average molecular weight is 238 g/mol. The number of carbonyl (C=O) groups is 2. The van der Waals surface area contributed by atoms with E-state index in [1.54, 1.807) is 6.07 Å². The van der Waals surface area contributed by atoms with Crippen LogP contribution < -0.4 is 15.8 Å². The number of methoxy groups -OCH3 is 1. The first kappa shape index (κ1) is 12.8. The molecule has 0 atom stereocenters. The number of likely N-dealkylation sites (N-methyl/N-ethyl adjacent to an activating group) is 1. The number of ether oxygens (including phenoxy) is 2. The standard InChI is InChI=1S/C11H14N2O4/c1-13-10(14)6-17-9-4-3-7(12)5-8(9)11(15)16-2/h3-5H,6,12H2,1-2H3,(H,13,14). The number of nitrogens with two attached hydrogens (primary N) is 1. The van der Waals surface area contributed by atoms with Crippen LogP contribution in [0.2, 0.25) is 0 Å². The van der Waals surface area contributed by atoms with Gasteiger partial charge in [-0.05, 0) is 18.2 Å². The minimum absolute atomic E-state index is 0.176. The lowest BCUT2D eigenvalue weighted by atomic mass is 10.2. The Hall–Kier alpha value is -2.24. The lowest BCUT2D eigenvalue weighted by Crippen LogP contribution is -2.25. The van der Waals surface area contributed by atoms with Crippen LogP contribution in [-0.4, -0.2) is 32.6 Å². The zero-order valence-corrected chi connectivity index (χ0v) is 9.65. The molecule has 1 amide bonds. The summed E-state index contributed by atoms with van der Waals surface area (Å²) in [6.07, 6.45) is 0. The van der Waals surface area contributed by atoms with Crippen molar-refractivity contribution in [2.45, 2.75) is 0 Å². The number of amides is 1. The zero-order chi connectivity index (χ0) is 12.8. The summed E-state index contributed by atoms with van der Waals surface area (Å²) in [7, 11) is 2.75. The number of carbonyl (C=O) groups excluding carboxylic acids is 2. The number of nitrogens with one attached hydrogen (secondary N) is 1. The Morgan fingerprint density at radius 2 is 2.12 bits per heavy atom. The van der Waals surface area contributed by atoms with Gasteiger partial charge in [0.25, 0.3) is 5.91 Å². The fourth-order valence-electron chi connectivity index (χ4n) is 1.16. The Bertz CT molecular complexity index is 431. The molecule has 0 spiro atoms. The maximum Gasteiger partial charge on any atom is 0.341 e. The number of nitrogen functional groups attached to an aromatic ring is 1. The molecule has 0 unspecified atom stereocenters. The largest absolute Gasteiger partial charge is 0.483 e. The van der Waals surface area contributed by atoms with Gasteiger partial charge >= 0.3 is 5.97 Å². The minimum atomic E-state index is -0.566. The van der Waals surface area contributed by atoms with E-state index in [2.05, 4.69) is 10.1 Å². The van der Waals surface area contributed by atoms with Crippen LogP contribution in [0.4, 0.5) is 5.69 Å². The number of rotatable bonds is 4. The number of benzene rings is 1. The van der Waals surface area contributed by atoms with E-state index in [1.807, 2.05) is 0 Å². The third-order valence-corrected chi connectivity index (χ3v) is 2.05. The molecule has 0 bridgehead atoms. The van der Waals surface area contributed by atoms with Gasteiger partial charge in [0.15, 0.2) is 6.61 Å². The van der Waals surface area contributed by atoms with E-state index >= 15 is 0 Å². The second kappa shape index (κ2) is 5.74. The molecule has 1 aromatic rings. The van der Waals surface area contributed by atoms with Gasteiger partial charge in [-0.25, -0.2) is 4.79 Å². The fourth-order valence-corrected chi connectivity index (χ4v) is 1.16. The van der Waals surface area contributed by atoms with Crippen LogP contribution in [0.5, 0.6) is 5.75 Å². The fraction of sp³-hybridized carbons (Fsp3) is 0.273. The molecule has 92 valence electrons. The van der Waals surface area contributed by atoms with E-state index in [1.165, 1.54) is 26.3 Å². The average Bonchev–Trinajstić information content (AvgIpc) is 2.35. The molecule has 6 nitrogen and oxygen atoms in total. The highest BCUT2D eigenvalue weighted by atomic mass is 16.5. The third kappa shape index (κ3) is 3.37. The van der Waals surface area contributed by atoms with Crippen molar-refractivity contribution in [3.8, 4) is 5.75 Å². The Balaban J connectivity index is 2.90. The molecule has 17 heavy (non-hydrogen) atoms. The number of hydrogen-bond acceptors (Lipinski definition) is 5. The van der Waals surface area contributed by atoms with Crippen molar-refractivity contribution in [3.05, 3.63) is 23.8 Å². The first-order chi connectivity index (χ1) is 8.08. The second-order valence-electron chi connectivity index (χ2n) is 3.21. The van der Waals surface area contributed by atoms with Gasteiger partial charge < -0.3 is 20.5 Å². The molecule has 0 aliphatic heterocycles. The second-order valence-corrected chi connectivity index (χ2v) is 3.21. The molecule has 0 aliphatic carbocycles. The van der Waals surface area contributed by atoms with Crippen LogP contribution in [0.25, 0.3) is 0 Å². The lowest BCUT2D eigenvalue weighted by molar-refractivity contribution is -0.122. The van der Waals surface area contributed by atoms with Crippen LogP contribution in [0.15, 0.2) is 18.2 Å². The molecule has 1 aromatic carbocycles. The minimum Gasteiger partial charge on any atom is -0.483 e. The number of esters is 1. The van der Waals surface area contributed by atoms with Crippen LogP contribution >= 0.6 is 0 Å². The zero-order valence-electron chi connectivity index (χ0n) is 9.65. The van der Waals surface area contributed by atoms with Gasteiger partial charge in [0.1, 0.15) is 11.3 Å². The Morgan fingerprint density at radius 3 is 2.71 bits per heavy atom. The molecule has 0 heterocycles. The van der Waals surface area contributed by atoms with Crippen LogP contribution in [0, 0.1) is 0 Å². The maximum absolute atomic E-state index is 11.4. The van der Waals surface area contributed by atoms with Crippen LogP contribution in [0.3, 0.4) is 0 Å². The van der Waals surface area contributed by atoms with E-state index in [4.69, 9.17) is 10.5 Å². The van der Waals surface area contributed by atoms with E-state index in [-0.39, 0.29) is 23.8 Å². The van der Waals surface area contributed by atoms with Crippen molar-refractivity contribution in [3.63, 3.8) is 0 Å². The Labute approximate surface area is 98.7 Å². The predicted octanol–water partition coefficient (Wildman–Crippen LogP) is 0.180. The predicted molar refractivity (Wildman–Crippen MR) is 61.8 cm³/mol. The highest BCUT2D eigenvalue weighted by Gasteiger charge is 2.14. The molecule has 0 fully saturated rings. The van der Waals surface area contributed by atoms with Gasteiger partial charge in [-0.1, -0.05) is 0 Å². The van der Waals surface area contributed by atoms with Gasteiger partial charge in [-0.15, -0.1) is 0 Å². The van der Waals surface area contributed by atoms with Gasteiger partial charge in [0.05, 0.1) is 7.11 Å². The van der Waals surface area contributed by atoms with Crippen LogP contribution in [-0.2, 0) is 9.53 Å². The molecule has 0 aliphatic rings. The first-order valence-electron chi connectivity index (χ1n) is 4.89. The van der Waals surface area contributed by atoms with Gasteiger partial charge in [-0.3, -0.25) is 4.79 Å². The topological polar surface area (TPSA) is 90.6 Å². The summed E-state index contributed by atoms with van der Waals surface area (Å²) in [5, 5.41) is 2.40. The van der Waals surface area contributed by atoms with E-state index in [0.29, 0.717) is 5.69 Å². The van der Waals surface area contributed by atoms with Gasteiger partial charge in [-0.2, -0.15) is 0 Å². The summed E-state index contributed by atoms with van der Waals surface area (Å²) in [6, 6.07) is 4.53. The van der Waals surface area contributed by atoms with Crippen LogP contribution in [0.1, 0.15) is 10.4 Å². The summed E-state index contributed by atoms with van der Waals surface area (Å²) in [5.74, 6) is -0.600. The summed E-state index contributed by atoms with van der Waals surface area (Å²) in [4.78, 5) is 22.5.